The number of hydrogen-bond donors (Lipinski definition) is 2. The number of nitrogens with zero attached hydrogens (tertiary/aromatic N) is 3. The number of aromatic nitrogens is 1. The number of carbonyl (C=O) groups is 1. The fraction of sp³-hybridized carbons (Fsp3) is 0.450. The van der Waals surface area contributed by atoms with Crippen LogP contribution in [-0.4, -0.2) is 41.9 Å². The number of rotatable bonds is 7. The van der Waals surface area contributed by atoms with Crippen LogP contribution in [0.25, 0.3) is 0 Å². The van der Waals surface area contributed by atoms with Gasteiger partial charge in [0.25, 0.3) is 0 Å². The van der Waals surface area contributed by atoms with Crippen molar-refractivity contribution in [2.24, 2.45) is 4.99 Å². The highest BCUT2D eigenvalue weighted by molar-refractivity contribution is 7.09. The first-order valence-electron chi connectivity index (χ1n) is 9.67. The molecule has 1 aliphatic heterocycles. The van der Waals surface area contributed by atoms with E-state index in [2.05, 4.69) is 20.6 Å². The standard InChI is InChI=1S/C20H24F3N5OS/c1-24-19(25-9-8-17-27-16(13-30-17)20(21,22)23)26-11-14-4-6-15(7-5-14)12-28-10-2-3-18(28)29/h4-7,13H,2-3,8-12H2,1H3,(H2,24,25,26). The minimum absolute atomic E-state index is 0.211. The first-order valence-corrected chi connectivity index (χ1v) is 10.5. The fourth-order valence-corrected chi connectivity index (χ4v) is 3.91. The Morgan fingerprint density at radius 2 is 1.97 bits per heavy atom. The van der Waals surface area contributed by atoms with Crippen LogP contribution in [0.1, 0.15) is 34.7 Å². The second kappa shape index (κ2) is 9.92. The zero-order chi connectivity index (χ0) is 21.6. The average molecular weight is 440 g/mol. The number of alkyl halides is 3. The van der Waals surface area contributed by atoms with Gasteiger partial charge in [-0.05, 0) is 17.5 Å². The van der Waals surface area contributed by atoms with Crippen molar-refractivity contribution in [1.29, 1.82) is 0 Å². The molecule has 2 N–H and O–H groups in total. The number of amides is 1. The molecule has 2 heterocycles. The molecule has 0 saturated carbocycles. The van der Waals surface area contributed by atoms with Crippen LogP contribution in [0.5, 0.6) is 0 Å². The molecular weight excluding hydrogens is 415 g/mol. The van der Waals surface area contributed by atoms with Crippen molar-refractivity contribution < 1.29 is 18.0 Å². The van der Waals surface area contributed by atoms with E-state index < -0.39 is 11.9 Å². The number of hydrogen-bond acceptors (Lipinski definition) is 4. The number of halogens is 3. The Labute approximate surface area is 177 Å². The molecule has 0 bridgehead atoms. The van der Waals surface area contributed by atoms with Gasteiger partial charge in [0.05, 0.1) is 5.01 Å². The molecule has 1 aromatic carbocycles. The maximum absolute atomic E-state index is 12.6. The van der Waals surface area contributed by atoms with Crippen LogP contribution in [0.4, 0.5) is 13.2 Å². The number of nitrogens with one attached hydrogen (secondary N) is 2. The first-order chi connectivity index (χ1) is 14.3. The lowest BCUT2D eigenvalue weighted by molar-refractivity contribution is -0.140. The molecule has 2 aromatic rings. The molecule has 6 nitrogen and oxygen atoms in total. The van der Waals surface area contributed by atoms with E-state index in [0.717, 1.165) is 40.8 Å². The highest BCUT2D eigenvalue weighted by atomic mass is 32.1. The Hall–Kier alpha value is -2.62. The van der Waals surface area contributed by atoms with E-state index in [1.807, 2.05) is 29.2 Å². The first kappa shape index (κ1) is 22.1. The third kappa shape index (κ3) is 6.19. The van der Waals surface area contributed by atoms with Gasteiger partial charge in [0.2, 0.25) is 5.91 Å². The molecule has 162 valence electrons. The Kier molecular flexibility index (Phi) is 7.30. The molecule has 1 aromatic heterocycles. The van der Waals surface area contributed by atoms with E-state index in [1.165, 1.54) is 0 Å². The van der Waals surface area contributed by atoms with Crippen molar-refractivity contribution in [2.75, 3.05) is 20.1 Å². The van der Waals surface area contributed by atoms with Crippen LogP contribution >= 0.6 is 11.3 Å². The van der Waals surface area contributed by atoms with Crippen LogP contribution in [-0.2, 0) is 30.5 Å². The fourth-order valence-electron chi connectivity index (χ4n) is 3.10. The lowest BCUT2D eigenvalue weighted by Crippen LogP contribution is -2.37. The summed E-state index contributed by atoms with van der Waals surface area (Å²) in [4.78, 5) is 21.3. The van der Waals surface area contributed by atoms with Gasteiger partial charge in [-0.3, -0.25) is 9.79 Å². The monoisotopic (exact) mass is 439 g/mol. The van der Waals surface area contributed by atoms with Gasteiger partial charge < -0.3 is 15.5 Å². The SMILES string of the molecule is CN=C(NCCc1nc(C(F)(F)F)cs1)NCc1ccc(CN2CCCC2=O)cc1. The summed E-state index contributed by atoms with van der Waals surface area (Å²) in [5.74, 6) is 0.775. The summed E-state index contributed by atoms with van der Waals surface area (Å²) in [5.41, 5.74) is 1.31. The molecule has 1 aliphatic rings. The van der Waals surface area contributed by atoms with Crippen molar-refractivity contribution in [3.05, 3.63) is 51.5 Å². The summed E-state index contributed by atoms with van der Waals surface area (Å²) < 4.78 is 37.8. The molecule has 1 amide bonds. The average Bonchev–Trinajstić information content (AvgIpc) is 3.35. The highest BCUT2D eigenvalue weighted by Gasteiger charge is 2.33. The number of aliphatic imine (C=N–C) groups is 1. The predicted molar refractivity (Wildman–Crippen MR) is 110 cm³/mol. The second-order valence-electron chi connectivity index (χ2n) is 6.96. The van der Waals surface area contributed by atoms with Crippen molar-refractivity contribution in [2.45, 2.75) is 38.5 Å². The van der Waals surface area contributed by atoms with Crippen molar-refractivity contribution in [1.82, 2.24) is 20.5 Å². The van der Waals surface area contributed by atoms with Gasteiger partial charge in [-0.2, -0.15) is 13.2 Å². The van der Waals surface area contributed by atoms with E-state index >= 15 is 0 Å². The molecule has 30 heavy (non-hydrogen) atoms. The Morgan fingerprint density at radius 1 is 1.23 bits per heavy atom. The summed E-state index contributed by atoms with van der Waals surface area (Å²) in [7, 11) is 1.64. The minimum atomic E-state index is -4.40. The van der Waals surface area contributed by atoms with E-state index in [1.54, 1.807) is 7.05 Å². The van der Waals surface area contributed by atoms with Gasteiger partial charge in [-0.25, -0.2) is 4.98 Å². The zero-order valence-electron chi connectivity index (χ0n) is 16.6. The molecule has 0 atom stereocenters. The lowest BCUT2D eigenvalue weighted by atomic mass is 10.1. The van der Waals surface area contributed by atoms with Gasteiger partial charge in [-0.1, -0.05) is 24.3 Å². The number of thiazole rings is 1. The van der Waals surface area contributed by atoms with Crippen LogP contribution in [0.3, 0.4) is 0 Å². The molecule has 1 fully saturated rings. The summed E-state index contributed by atoms with van der Waals surface area (Å²) in [5, 5.41) is 7.72. The smallest absolute Gasteiger partial charge is 0.356 e. The number of benzene rings is 1. The molecule has 1 saturated heterocycles. The van der Waals surface area contributed by atoms with Crippen molar-refractivity contribution >= 4 is 23.2 Å². The maximum atomic E-state index is 12.6. The van der Waals surface area contributed by atoms with Crippen LogP contribution in [0.15, 0.2) is 34.6 Å². The largest absolute Gasteiger partial charge is 0.434 e. The third-order valence-corrected chi connectivity index (χ3v) is 5.63. The predicted octanol–water partition coefficient (Wildman–Crippen LogP) is 3.19. The summed E-state index contributed by atoms with van der Waals surface area (Å²) in [6, 6.07) is 8.04. The number of carbonyl (C=O) groups excluding carboxylic acids is 1. The zero-order valence-corrected chi connectivity index (χ0v) is 17.4. The van der Waals surface area contributed by atoms with Crippen LogP contribution < -0.4 is 10.6 Å². The van der Waals surface area contributed by atoms with Gasteiger partial charge >= 0.3 is 6.18 Å². The van der Waals surface area contributed by atoms with E-state index in [4.69, 9.17) is 0 Å². The summed E-state index contributed by atoms with van der Waals surface area (Å²) in [6.45, 7) is 2.44. The van der Waals surface area contributed by atoms with Gasteiger partial charge in [0.15, 0.2) is 11.7 Å². The molecule has 0 radical (unpaired) electrons. The normalized spacial score (nSPS) is 15.0. The van der Waals surface area contributed by atoms with Gasteiger partial charge in [0.1, 0.15) is 0 Å². The third-order valence-electron chi connectivity index (χ3n) is 4.72. The second-order valence-corrected chi connectivity index (χ2v) is 7.90. The van der Waals surface area contributed by atoms with Crippen LogP contribution in [0.2, 0.25) is 0 Å². The topological polar surface area (TPSA) is 69.6 Å². The molecule has 0 spiro atoms. The van der Waals surface area contributed by atoms with Crippen LogP contribution in [0, 0.1) is 0 Å². The minimum Gasteiger partial charge on any atom is -0.356 e. The van der Waals surface area contributed by atoms with Crippen molar-refractivity contribution in [3.8, 4) is 0 Å². The molecule has 0 aliphatic carbocycles. The molecular formula is C20H24F3N5OS. The van der Waals surface area contributed by atoms with E-state index in [9.17, 15) is 18.0 Å². The lowest BCUT2D eigenvalue weighted by Gasteiger charge is -2.16. The summed E-state index contributed by atoms with van der Waals surface area (Å²) in [6.07, 6.45) is -2.45. The Morgan fingerprint density at radius 3 is 2.57 bits per heavy atom. The van der Waals surface area contributed by atoms with Gasteiger partial charge in [-0.15, -0.1) is 11.3 Å². The maximum Gasteiger partial charge on any atom is 0.434 e. The highest BCUT2D eigenvalue weighted by Crippen LogP contribution is 2.30. The molecule has 10 heteroatoms. The number of likely N-dealkylation sites (tertiary alicyclic amines) is 1. The molecule has 0 unspecified atom stereocenters. The van der Waals surface area contributed by atoms with E-state index in [-0.39, 0.29) is 5.91 Å². The molecule has 3 rings (SSSR count). The summed E-state index contributed by atoms with van der Waals surface area (Å²) >= 11 is 1.00. The number of guanidine groups is 1. The van der Waals surface area contributed by atoms with Gasteiger partial charge in [0, 0.05) is 51.4 Å². The van der Waals surface area contributed by atoms with E-state index in [0.29, 0.717) is 43.4 Å². The Balaban J connectivity index is 1.41. The Bertz CT molecular complexity index is 879. The van der Waals surface area contributed by atoms with Crippen molar-refractivity contribution in [3.63, 3.8) is 0 Å². The quantitative estimate of drug-likeness (QED) is 0.514.